The summed E-state index contributed by atoms with van der Waals surface area (Å²) in [5.74, 6) is 2.36. The molecule has 0 amide bonds. The van der Waals surface area contributed by atoms with Gasteiger partial charge in [-0.05, 0) is 36.2 Å². The number of fused-ring (bicyclic) bond motifs is 1. The fraction of sp³-hybridized carbons (Fsp3) is 0.375. The van der Waals surface area contributed by atoms with E-state index in [9.17, 15) is 5.11 Å². The van der Waals surface area contributed by atoms with E-state index < -0.39 is 6.10 Å². The van der Waals surface area contributed by atoms with E-state index in [4.69, 9.17) is 13.9 Å². The van der Waals surface area contributed by atoms with Crippen LogP contribution in [-0.4, -0.2) is 18.3 Å². The van der Waals surface area contributed by atoms with Crippen LogP contribution >= 0.6 is 0 Å². The summed E-state index contributed by atoms with van der Waals surface area (Å²) >= 11 is 0. The molecule has 1 N–H and O–H groups in total. The zero-order valence-electron chi connectivity index (χ0n) is 11.2. The number of hydrogen-bond donors (Lipinski definition) is 1. The minimum Gasteiger partial charge on any atom is -0.490 e. The highest BCUT2D eigenvalue weighted by atomic mass is 16.5. The minimum absolute atomic E-state index is 0.530. The molecule has 0 aliphatic carbocycles. The zero-order valence-corrected chi connectivity index (χ0v) is 11.2. The molecule has 106 valence electrons. The van der Waals surface area contributed by atoms with E-state index in [0.29, 0.717) is 26.1 Å². The first-order valence-electron chi connectivity index (χ1n) is 6.93. The van der Waals surface area contributed by atoms with Crippen LogP contribution in [0, 0.1) is 0 Å². The van der Waals surface area contributed by atoms with Crippen molar-refractivity contribution in [3.05, 3.63) is 47.9 Å². The molecule has 0 saturated heterocycles. The van der Waals surface area contributed by atoms with E-state index >= 15 is 0 Å². The summed E-state index contributed by atoms with van der Waals surface area (Å²) < 4.78 is 16.5. The van der Waals surface area contributed by atoms with Crippen LogP contribution in [0.5, 0.6) is 11.5 Å². The number of furan rings is 1. The molecular formula is C16H18O4. The molecule has 4 nitrogen and oxygen atoms in total. The molecule has 0 bridgehead atoms. The first-order valence-corrected chi connectivity index (χ1v) is 6.93. The molecule has 3 rings (SSSR count). The quantitative estimate of drug-likeness (QED) is 0.930. The van der Waals surface area contributed by atoms with Gasteiger partial charge in [-0.15, -0.1) is 0 Å². The molecule has 1 aromatic heterocycles. The second-order valence-corrected chi connectivity index (χ2v) is 4.89. The molecule has 1 aliphatic heterocycles. The van der Waals surface area contributed by atoms with E-state index in [1.165, 1.54) is 0 Å². The number of benzene rings is 1. The van der Waals surface area contributed by atoms with Crippen LogP contribution in [0.3, 0.4) is 0 Å². The average molecular weight is 274 g/mol. The molecule has 4 heteroatoms. The van der Waals surface area contributed by atoms with Gasteiger partial charge in [-0.3, -0.25) is 0 Å². The Kier molecular flexibility index (Phi) is 3.92. The van der Waals surface area contributed by atoms with Crippen LogP contribution in [0.2, 0.25) is 0 Å². The highest BCUT2D eigenvalue weighted by Crippen LogP contribution is 2.33. The van der Waals surface area contributed by atoms with Crippen LogP contribution in [0.25, 0.3) is 0 Å². The van der Waals surface area contributed by atoms with Crippen LogP contribution in [0.15, 0.2) is 41.0 Å². The second-order valence-electron chi connectivity index (χ2n) is 4.89. The summed E-state index contributed by atoms with van der Waals surface area (Å²) in [7, 11) is 0. The van der Waals surface area contributed by atoms with Crippen LogP contribution in [0.1, 0.15) is 30.3 Å². The van der Waals surface area contributed by atoms with Crippen LogP contribution < -0.4 is 9.47 Å². The third-order valence-electron chi connectivity index (χ3n) is 3.40. The Labute approximate surface area is 117 Å². The average Bonchev–Trinajstić information content (AvgIpc) is 2.88. The minimum atomic E-state index is -0.530. The van der Waals surface area contributed by atoms with E-state index in [1.807, 2.05) is 30.3 Å². The lowest BCUT2D eigenvalue weighted by Gasteiger charge is -2.13. The smallest absolute Gasteiger partial charge is 0.161 e. The van der Waals surface area contributed by atoms with Crippen molar-refractivity contribution in [2.45, 2.75) is 25.4 Å². The van der Waals surface area contributed by atoms with Crippen LogP contribution in [-0.2, 0) is 6.42 Å². The van der Waals surface area contributed by atoms with E-state index in [0.717, 1.165) is 29.2 Å². The fourth-order valence-corrected chi connectivity index (χ4v) is 2.29. The van der Waals surface area contributed by atoms with E-state index in [2.05, 4.69) is 0 Å². The molecule has 0 radical (unpaired) electrons. The molecule has 1 aromatic carbocycles. The molecule has 1 unspecified atom stereocenters. The number of aliphatic hydroxyl groups excluding tert-OH is 1. The van der Waals surface area contributed by atoms with Gasteiger partial charge in [0.05, 0.1) is 25.6 Å². The number of ether oxygens (including phenoxy) is 2. The van der Waals surface area contributed by atoms with Gasteiger partial charge >= 0.3 is 0 Å². The molecule has 0 spiro atoms. The maximum absolute atomic E-state index is 10.3. The van der Waals surface area contributed by atoms with Gasteiger partial charge in [0.15, 0.2) is 11.5 Å². The molecular weight excluding hydrogens is 256 g/mol. The number of aliphatic hydroxyl groups is 1. The maximum atomic E-state index is 10.3. The van der Waals surface area contributed by atoms with Gasteiger partial charge in [-0.2, -0.15) is 0 Å². The number of hydrogen-bond acceptors (Lipinski definition) is 4. The highest BCUT2D eigenvalue weighted by molar-refractivity contribution is 5.44. The number of aryl methyl sites for hydroxylation is 1. The predicted octanol–water partition coefficient (Wildman–Crippen LogP) is 3.11. The number of rotatable bonds is 4. The van der Waals surface area contributed by atoms with Gasteiger partial charge in [0.25, 0.3) is 0 Å². The lowest BCUT2D eigenvalue weighted by Crippen LogP contribution is -2.01. The largest absolute Gasteiger partial charge is 0.490 e. The molecule has 1 aliphatic rings. The van der Waals surface area contributed by atoms with Crippen molar-refractivity contribution in [1.29, 1.82) is 0 Å². The third kappa shape index (κ3) is 2.96. The Bertz CT molecular complexity index is 548. The fourth-order valence-electron chi connectivity index (χ4n) is 2.29. The first kappa shape index (κ1) is 13.1. The third-order valence-corrected chi connectivity index (χ3v) is 3.40. The SMILES string of the molecule is OC(CCc1ccco1)c1ccc2c(c1)OCCCO2. The topological polar surface area (TPSA) is 51.8 Å². The highest BCUT2D eigenvalue weighted by Gasteiger charge is 2.15. The van der Waals surface area contributed by atoms with Crippen molar-refractivity contribution in [3.8, 4) is 11.5 Å². The summed E-state index contributed by atoms with van der Waals surface area (Å²) in [4.78, 5) is 0. The zero-order chi connectivity index (χ0) is 13.8. The second kappa shape index (κ2) is 6.01. The Hall–Kier alpha value is -1.94. The van der Waals surface area contributed by atoms with Crippen LogP contribution in [0.4, 0.5) is 0 Å². The first-order chi connectivity index (χ1) is 9.83. The maximum Gasteiger partial charge on any atom is 0.161 e. The molecule has 0 fully saturated rings. The predicted molar refractivity (Wildman–Crippen MR) is 74.0 cm³/mol. The van der Waals surface area contributed by atoms with Crippen molar-refractivity contribution in [3.63, 3.8) is 0 Å². The van der Waals surface area contributed by atoms with Gasteiger partial charge in [0.2, 0.25) is 0 Å². The summed E-state index contributed by atoms with van der Waals surface area (Å²) in [5, 5.41) is 10.3. The molecule has 1 atom stereocenters. The summed E-state index contributed by atoms with van der Waals surface area (Å²) in [6, 6.07) is 9.40. The van der Waals surface area contributed by atoms with Crippen molar-refractivity contribution < 1.29 is 19.0 Å². The standard InChI is InChI=1S/C16H18O4/c17-14(6-5-13-3-1-8-18-13)12-4-7-15-16(11-12)20-10-2-9-19-15/h1,3-4,7-8,11,14,17H,2,5-6,9-10H2. The van der Waals surface area contributed by atoms with E-state index in [1.54, 1.807) is 6.26 Å². The van der Waals surface area contributed by atoms with Crippen molar-refractivity contribution in [2.75, 3.05) is 13.2 Å². The van der Waals surface area contributed by atoms with Gasteiger partial charge in [-0.25, -0.2) is 0 Å². The Morgan fingerprint density at radius 1 is 1.10 bits per heavy atom. The Balaban J connectivity index is 1.68. The molecule has 2 heterocycles. The monoisotopic (exact) mass is 274 g/mol. The summed E-state index contributed by atoms with van der Waals surface area (Å²) in [6.07, 6.45) is 3.33. The Morgan fingerprint density at radius 2 is 1.95 bits per heavy atom. The van der Waals surface area contributed by atoms with Gasteiger partial charge < -0.3 is 19.0 Å². The van der Waals surface area contributed by atoms with Crippen molar-refractivity contribution in [2.24, 2.45) is 0 Å². The van der Waals surface area contributed by atoms with Gasteiger partial charge in [0, 0.05) is 12.8 Å². The summed E-state index contributed by atoms with van der Waals surface area (Å²) in [5.41, 5.74) is 0.848. The lowest BCUT2D eigenvalue weighted by atomic mass is 10.0. The van der Waals surface area contributed by atoms with Crippen molar-refractivity contribution in [1.82, 2.24) is 0 Å². The molecule has 2 aromatic rings. The summed E-state index contributed by atoms with van der Waals surface area (Å²) in [6.45, 7) is 1.33. The van der Waals surface area contributed by atoms with Crippen molar-refractivity contribution >= 4 is 0 Å². The van der Waals surface area contributed by atoms with E-state index in [-0.39, 0.29) is 0 Å². The van der Waals surface area contributed by atoms with Gasteiger partial charge in [-0.1, -0.05) is 6.07 Å². The van der Waals surface area contributed by atoms with Gasteiger partial charge in [0.1, 0.15) is 5.76 Å². The molecule has 20 heavy (non-hydrogen) atoms. The Morgan fingerprint density at radius 3 is 2.75 bits per heavy atom. The lowest BCUT2D eigenvalue weighted by molar-refractivity contribution is 0.165. The molecule has 0 saturated carbocycles. The normalized spacial score (nSPS) is 15.7.